The van der Waals surface area contributed by atoms with Gasteiger partial charge in [0.15, 0.2) is 0 Å². The van der Waals surface area contributed by atoms with Gasteiger partial charge in [0.2, 0.25) is 5.91 Å². The SMILES string of the molecule is O=C(CNC(=O)OCc1ccccc1)NCCc1ccc(F)cc1. The van der Waals surface area contributed by atoms with Gasteiger partial charge in [-0.3, -0.25) is 4.79 Å². The Morgan fingerprint density at radius 3 is 2.33 bits per heavy atom. The highest BCUT2D eigenvalue weighted by Gasteiger charge is 2.06. The average Bonchev–Trinajstić information content (AvgIpc) is 2.61. The second-order valence-electron chi connectivity index (χ2n) is 5.14. The Hall–Kier alpha value is -2.89. The molecule has 0 spiro atoms. The van der Waals surface area contributed by atoms with Crippen molar-refractivity contribution in [3.05, 3.63) is 71.5 Å². The van der Waals surface area contributed by atoms with Crippen molar-refractivity contribution in [3.8, 4) is 0 Å². The largest absolute Gasteiger partial charge is 0.445 e. The molecular weight excluding hydrogens is 311 g/mol. The predicted molar refractivity (Wildman–Crippen MR) is 87.7 cm³/mol. The van der Waals surface area contributed by atoms with E-state index in [9.17, 15) is 14.0 Å². The maximum Gasteiger partial charge on any atom is 0.407 e. The predicted octanol–water partition coefficient (Wildman–Crippen LogP) is 2.41. The first-order valence-electron chi connectivity index (χ1n) is 7.59. The minimum Gasteiger partial charge on any atom is -0.445 e. The van der Waals surface area contributed by atoms with Crippen molar-refractivity contribution in [2.75, 3.05) is 13.1 Å². The molecular formula is C18H19FN2O3. The zero-order valence-corrected chi connectivity index (χ0v) is 13.1. The van der Waals surface area contributed by atoms with Crippen LogP contribution in [0.1, 0.15) is 11.1 Å². The number of nitrogens with one attached hydrogen (secondary N) is 2. The van der Waals surface area contributed by atoms with Crippen LogP contribution < -0.4 is 10.6 Å². The summed E-state index contributed by atoms with van der Waals surface area (Å²) in [6.07, 6.45) is -0.0580. The standard InChI is InChI=1S/C18H19FN2O3/c19-16-8-6-14(7-9-16)10-11-20-17(22)12-21-18(23)24-13-15-4-2-1-3-5-15/h1-9H,10-13H2,(H,20,22)(H,21,23). The van der Waals surface area contributed by atoms with E-state index in [0.717, 1.165) is 11.1 Å². The Labute approximate surface area is 139 Å². The average molecular weight is 330 g/mol. The van der Waals surface area contributed by atoms with Crippen LogP contribution in [0, 0.1) is 5.82 Å². The first-order valence-corrected chi connectivity index (χ1v) is 7.59. The Balaban J connectivity index is 1.58. The molecule has 2 N–H and O–H groups in total. The molecule has 0 aliphatic heterocycles. The van der Waals surface area contributed by atoms with E-state index < -0.39 is 6.09 Å². The molecule has 0 fully saturated rings. The third kappa shape index (κ3) is 6.48. The second-order valence-corrected chi connectivity index (χ2v) is 5.14. The molecule has 2 amide bonds. The summed E-state index contributed by atoms with van der Waals surface area (Å²) in [5.41, 5.74) is 1.79. The topological polar surface area (TPSA) is 67.4 Å². The number of alkyl carbamates (subject to hydrolysis) is 1. The number of ether oxygens (including phenoxy) is 1. The van der Waals surface area contributed by atoms with Crippen molar-refractivity contribution in [1.29, 1.82) is 0 Å². The van der Waals surface area contributed by atoms with E-state index in [-0.39, 0.29) is 24.9 Å². The number of carbonyl (C=O) groups excluding carboxylic acids is 2. The van der Waals surface area contributed by atoms with Crippen LogP contribution >= 0.6 is 0 Å². The molecule has 0 aliphatic carbocycles. The highest BCUT2D eigenvalue weighted by Crippen LogP contribution is 2.02. The highest BCUT2D eigenvalue weighted by atomic mass is 19.1. The lowest BCUT2D eigenvalue weighted by molar-refractivity contribution is -0.120. The Kier molecular flexibility index (Phi) is 6.76. The molecule has 0 saturated carbocycles. The first kappa shape index (κ1) is 17.5. The van der Waals surface area contributed by atoms with Crippen LogP contribution in [0.4, 0.5) is 9.18 Å². The smallest absolute Gasteiger partial charge is 0.407 e. The summed E-state index contributed by atoms with van der Waals surface area (Å²) in [7, 11) is 0. The van der Waals surface area contributed by atoms with Gasteiger partial charge in [-0.05, 0) is 29.7 Å². The van der Waals surface area contributed by atoms with Crippen molar-refractivity contribution >= 4 is 12.0 Å². The number of halogens is 1. The van der Waals surface area contributed by atoms with E-state index in [1.54, 1.807) is 12.1 Å². The van der Waals surface area contributed by atoms with E-state index >= 15 is 0 Å². The number of amides is 2. The first-order chi connectivity index (χ1) is 11.6. The van der Waals surface area contributed by atoms with Crippen LogP contribution in [-0.4, -0.2) is 25.1 Å². The Bertz CT molecular complexity index is 660. The maximum absolute atomic E-state index is 12.8. The fourth-order valence-electron chi connectivity index (χ4n) is 1.99. The van der Waals surface area contributed by atoms with Gasteiger partial charge in [-0.25, -0.2) is 9.18 Å². The summed E-state index contributed by atoms with van der Waals surface area (Å²) in [6.45, 7) is 0.404. The van der Waals surface area contributed by atoms with Gasteiger partial charge in [0.1, 0.15) is 12.4 Å². The van der Waals surface area contributed by atoms with Gasteiger partial charge in [0.25, 0.3) is 0 Å². The molecule has 24 heavy (non-hydrogen) atoms. The Morgan fingerprint density at radius 2 is 1.62 bits per heavy atom. The minimum atomic E-state index is -0.646. The van der Waals surface area contributed by atoms with Gasteiger partial charge in [-0.1, -0.05) is 42.5 Å². The van der Waals surface area contributed by atoms with Crippen LogP contribution in [0.2, 0.25) is 0 Å². The lowest BCUT2D eigenvalue weighted by Crippen LogP contribution is -2.37. The molecule has 0 saturated heterocycles. The monoisotopic (exact) mass is 330 g/mol. The van der Waals surface area contributed by atoms with Gasteiger partial charge < -0.3 is 15.4 Å². The van der Waals surface area contributed by atoms with Gasteiger partial charge in [-0.15, -0.1) is 0 Å². The van der Waals surface area contributed by atoms with Gasteiger partial charge in [0, 0.05) is 6.54 Å². The van der Waals surface area contributed by atoms with Gasteiger partial charge in [0.05, 0.1) is 6.54 Å². The van der Waals surface area contributed by atoms with Crippen LogP contribution in [0.15, 0.2) is 54.6 Å². The van der Waals surface area contributed by atoms with E-state index in [4.69, 9.17) is 4.74 Å². The lowest BCUT2D eigenvalue weighted by Gasteiger charge is -2.08. The number of hydrogen-bond donors (Lipinski definition) is 2. The number of benzene rings is 2. The van der Waals surface area contributed by atoms with Crippen LogP contribution in [-0.2, 0) is 22.6 Å². The van der Waals surface area contributed by atoms with Gasteiger partial charge in [-0.2, -0.15) is 0 Å². The van der Waals surface area contributed by atoms with Gasteiger partial charge >= 0.3 is 6.09 Å². The normalized spacial score (nSPS) is 10.0. The van der Waals surface area contributed by atoms with E-state index in [2.05, 4.69) is 10.6 Å². The second kappa shape index (κ2) is 9.29. The number of carbonyl (C=O) groups is 2. The quantitative estimate of drug-likeness (QED) is 0.819. The van der Waals surface area contributed by atoms with E-state index in [0.29, 0.717) is 13.0 Å². The van der Waals surface area contributed by atoms with Crippen LogP contribution in [0.5, 0.6) is 0 Å². The molecule has 0 atom stereocenters. The minimum absolute atomic E-state index is 0.152. The van der Waals surface area contributed by atoms with Crippen LogP contribution in [0.3, 0.4) is 0 Å². The summed E-state index contributed by atoms with van der Waals surface area (Å²) in [5, 5.41) is 5.06. The maximum atomic E-state index is 12.8. The third-order valence-corrected chi connectivity index (χ3v) is 3.26. The van der Waals surface area contributed by atoms with Crippen molar-refractivity contribution in [1.82, 2.24) is 10.6 Å². The summed E-state index contributed by atoms with van der Waals surface area (Å²) >= 11 is 0. The van der Waals surface area contributed by atoms with Crippen molar-refractivity contribution in [3.63, 3.8) is 0 Å². The zero-order valence-electron chi connectivity index (χ0n) is 13.1. The molecule has 0 aliphatic rings. The summed E-state index contributed by atoms with van der Waals surface area (Å²) in [5.74, 6) is -0.602. The van der Waals surface area contributed by atoms with Crippen molar-refractivity contribution < 1.29 is 18.7 Å². The summed E-state index contributed by atoms with van der Waals surface area (Å²) < 4.78 is 17.8. The molecule has 5 nitrogen and oxygen atoms in total. The molecule has 0 aromatic heterocycles. The highest BCUT2D eigenvalue weighted by molar-refractivity contribution is 5.82. The summed E-state index contributed by atoms with van der Waals surface area (Å²) in [6, 6.07) is 15.4. The fraction of sp³-hybridized carbons (Fsp3) is 0.222. The molecule has 126 valence electrons. The van der Waals surface area contributed by atoms with Crippen molar-refractivity contribution in [2.24, 2.45) is 0 Å². The molecule has 0 bridgehead atoms. The number of rotatable bonds is 7. The molecule has 2 rings (SSSR count). The fourth-order valence-corrected chi connectivity index (χ4v) is 1.99. The summed E-state index contributed by atoms with van der Waals surface area (Å²) in [4.78, 5) is 23.1. The number of hydrogen-bond acceptors (Lipinski definition) is 3. The molecule has 2 aromatic rings. The zero-order chi connectivity index (χ0) is 17.2. The van der Waals surface area contributed by atoms with E-state index in [1.807, 2.05) is 30.3 Å². The molecule has 6 heteroatoms. The van der Waals surface area contributed by atoms with Crippen LogP contribution in [0.25, 0.3) is 0 Å². The lowest BCUT2D eigenvalue weighted by atomic mass is 10.1. The molecule has 0 heterocycles. The molecule has 2 aromatic carbocycles. The molecule has 0 radical (unpaired) electrons. The third-order valence-electron chi connectivity index (χ3n) is 3.26. The molecule has 0 unspecified atom stereocenters. The van der Waals surface area contributed by atoms with Crippen molar-refractivity contribution in [2.45, 2.75) is 13.0 Å². The Morgan fingerprint density at radius 1 is 0.917 bits per heavy atom. The van der Waals surface area contributed by atoms with E-state index in [1.165, 1.54) is 12.1 Å².